The summed E-state index contributed by atoms with van der Waals surface area (Å²) in [5.74, 6) is 0.497. The van der Waals surface area contributed by atoms with Gasteiger partial charge in [-0.05, 0) is 35.4 Å². The van der Waals surface area contributed by atoms with Crippen LogP contribution in [-0.2, 0) is 25.6 Å². The van der Waals surface area contributed by atoms with Crippen molar-refractivity contribution in [3.63, 3.8) is 0 Å². The van der Waals surface area contributed by atoms with Gasteiger partial charge in [0.15, 0.2) is 0 Å². The van der Waals surface area contributed by atoms with E-state index < -0.39 is 0 Å². The minimum atomic E-state index is 0. The normalized spacial score (nSPS) is 10.2. The Morgan fingerprint density at radius 1 is 0.742 bits per heavy atom. The summed E-state index contributed by atoms with van der Waals surface area (Å²) in [4.78, 5) is 8.08. The second-order valence-corrected chi connectivity index (χ2v) is 8.67. The molecule has 1 N–H and O–H groups in total. The van der Waals surface area contributed by atoms with Crippen LogP contribution in [0.3, 0.4) is 0 Å². The Kier molecular flexibility index (Phi) is 10.8. The highest BCUT2D eigenvalue weighted by Gasteiger charge is 2.02. The van der Waals surface area contributed by atoms with Gasteiger partial charge in [0.2, 0.25) is 0 Å². The molecule has 0 unspecified atom stereocenters. The van der Waals surface area contributed by atoms with E-state index >= 15 is 0 Å². The van der Waals surface area contributed by atoms with Crippen molar-refractivity contribution in [1.29, 1.82) is 0 Å². The molecule has 5 nitrogen and oxygen atoms in total. The molecule has 31 heavy (non-hydrogen) atoms. The number of aromatic nitrogens is 4. The zero-order chi connectivity index (χ0) is 21.3. The fourth-order valence-electron chi connectivity index (χ4n) is 2.80. The number of hydrogen-bond donors (Lipinski definition) is 1. The Bertz CT molecular complexity index is 964. The molecule has 0 aliphatic carbocycles. The second-order valence-electron chi connectivity index (χ2n) is 6.57. The lowest BCUT2D eigenvalue weighted by Crippen LogP contribution is -2.02. The molecule has 0 aliphatic rings. The molecule has 0 atom stereocenters. The highest BCUT2D eigenvalue weighted by molar-refractivity contribution is 9.10. The molecular formula is C22H22Br2Cl2N4O. The number of imidazole rings is 2. The number of aliphatic hydroxyl groups is 1. The van der Waals surface area contributed by atoms with E-state index in [9.17, 15) is 0 Å². The number of halogens is 4. The second kappa shape index (κ2) is 13.0. The van der Waals surface area contributed by atoms with Gasteiger partial charge in [-0.1, -0.05) is 56.1 Å². The number of rotatable bonds is 6. The molecule has 0 fully saturated rings. The maximum absolute atomic E-state index is 9.06. The van der Waals surface area contributed by atoms with Gasteiger partial charge in [0.25, 0.3) is 0 Å². The van der Waals surface area contributed by atoms with Gasteiger partial charge in [0.1, 0.15) is 0 Å². The van der Waals surface area contributed by atoms with E-state index in [0.29, 0.717) is 5.88 Å². The standard InChI is InChI=1S/C11H10BrClN2.C11H11BrN2O.ClH/c12-10-3-1-9(2-4-10)7-15-8-14-6-11(15)5-13;12-10-3-1-9(2-4-10)6-14-8-13-5-11(14)7-15;/h1-4,6,8H,5,7H2;1-5,8,15H,6-7H2;1H. The largest absolute Gasteiger partial charge is 0.390 e. The van der Waals surface area contributed by atoms with Crippen LogP contribution >= 0.6 is 55.9 Å². The summed E-state index contributed by atoms with van der Waals surface area (Å²) in [7, 11) is 0. The number of nitrogens with zero attached hydrogens (tertiary/aromatic N) is 4. The van der Waals surface area contributed by atoms with Crippen molar-refractivity contribution in [1.82, 2.24) is 19.1 Å². The smallest absolute Gasteiger partial charge is 0.0952 e. The molecule has 0 saturated heterocycles. The average Bonchev–Trinajstić information content (AvgIpc) is 3.40. The lowest BCUT2D eigenvalue weighted by atomic mass is 10.2. The van der Waals surface area contributed by atoms with Crippen LogP contribution < -0.4 is 0 Å². The van der Waals surface area contributed by atoms with Crippen LogP contribution in [0.4, 0.5) is 0 Å². The van der Waals surface area contributed by atoms with Crippen molar-refractivity contribution < 1.29 is 5.11 Å². The minimum absolute atomic E-state index is 0. The van der Waals surface area contributed by atoms with Crippen molar-refractivity contribution in [3.05, 3.63) is 105 Å². The summed E-state index contributed by atoms with van der Waals surface area (Å²) in [6.07, 6.45) is 7.01. The van der Waals surface area contributed by atoms with E-state index in [4.69, 9.17) is 16.7 Å². The highest BCUT2D eigenvalue weighted by Crippen LogP contribution is 2.14. The topological polar surface area (TPSA) is 55.9 Å². The molecule has 2 aromatic carbocycles. The molecule has 9 heteroatoms. The van der Waals surface area contributed by atoms with E-state index in [1.807, 2.05) is 41.0 Å². The lowest BCUT2D eigenvalue weighted by molar-refractivity contribution is 0.271. The number of benzene rings is 2. The molecule has 0 radical (unpaired) electrons. The third-order valence-electron chi connectivity index (χ3n) is 4.43. The van der Waals surface area contributed by atoms with Crippen molar-refractivity contribution in [3.8, 4) is 0 Å². The van der Waals surface area contributed by atoms with Crippen molar-refractivity contribution in [2.45, 2.75) is 25.6 Å². The van der Waals surface area contributed by atoms with Crippen molar-refractivity contribution >= 4 is 55.9 Å². The maximum Gasteiger partial charge on any atom is 0.0952 e. The summed E-state index contributed by atoms with van der Waals surface area (Å²) in [5.41, 5.74) is 4.30. The van der Waals surface area contributed by atoms with E-state index in [0.717, 1.165) is 33.4 Å². The first-order valence-corrected chi connectivity index (χ1v) is 11.3. The highest BCUT2D eigenvalue weighted by atomic mass is 79.9. The summed E-state index contributed by atoms with van der Waals surface area (Å²) in [5, 5.41) is 9.06. The molecule has 164 valence electrons. The van der Waals surface area contributed by atoms with Gasteiger partial charge in [-0.2, -0.15) is 0 Å². The summed E-state index contributed by atoms with van der Waals surface area (Å²) in [6.45, 7) is 1.58. The third kappa shape index (κ3) is 7.77. The average molecular weight is 589 g/mol. The SMILES string of the molecule is Cl.ClCc1cncn1Cc1ccc(Br)cc1.OCc1cncn1Cc1ccc(Br)cc1. The monoisotopic (exact) mass is 586 g/mol. The van der Waals surface area contributed by atoms with Crippen LogP contribution in [0.25, 0.3) is 0 Å². The molecule has 2 heterocycles. The molecule has 4 rings (SSSR count). The molecule has 0 spiro atoms. The fraction of sp³-hybridized carbons (Fsp3) is 0.182. The van der Waals surface area contributed by atoms with Crippen LogP contribution in [0.1, 0.15) is 22.5 Å². The van der Waals surface area contributed by atoms with Crippen LogP contribution in [0.15, 0.2) is 82.5 Å². The first kappa shape index (κ1) is 25.6. The predicted molar refractivity (Wildman–Crippen MR) is 134 cm³/mol. The maximum atomic E-state index is 9.06. The summed E-state index contributed by atoms with van der Waals surface area (Å²) in [6, 6.07) is 16.3. The van der Waals surface area contributed by atoms with E-state index in [2.05, 4.69) is 58.5 Å². The fourth-order valence-corrected chi connectivity index (χ4v) is 3.55. The third-order valence-corrected chi connectivity index (χ3v) is 5.76. The van der Waals surface area contributed by atoms with Crippen LogP contribution in [0.5, 0.6) is 0 Å². The number of alkyl halides is 1. The lowest BCUT2D eigenvalue weighted by Gasteiger charge is -2.06. The molecule has 2 aromatic heterocycles. The Hall–Kier alpha value is -1.64. The van der Waals surface area contributed by atoms with Gasteiger partial charge >= 0.3 is 0 Å². The van der Waals surface area contributed by atoms with Gasteiger partial charge in [-0.3, -0.25) is 0 Å². The Labute approximate surface area is 209 Å². The zero-order valence-electron chi connectivity index (χ0n) is 16.5. The van der Waals surface area contributed by atoms with Gasteiger partial charge in [-0.25, -0.2) is 9.97 Å². The van der Waals surface area contributed by atoms with Gasteiger partial charge < -0.3 is 14.2 Å². The molecule has 0 bridgehead atoms. The summed E-state index contributed by atoms with van der Waals surface area (Å²) < 4.78 is 6.15. The van der Waals surface area contributed by atoms with Gasteiger partial charge in [0, 0.05) is 28.2 Å². The molecular weight excluding hydrogens is 567 g/mol. The van der Waals surface area contributed by atoms with Crippen molar-refractivity contribution in [2.24, 2.45) is 0 Å². The Morgan fingerprint density at radius 3 is 1.58 bits per heavy atom. The van der Waals surface area contributed by atoms with Crippen LogP contribution in [0, 0.1) is 0 Å². The summed E-state index contributed by atoms with van der Waals surface area (Å²) >= 11 is 12.6. The minimum Gasteiger partial charge on any atom is -0.390 e. The van der Waals surface area contributed by atoms with E-state index in [-0.39, 0.29) is 19.0 Å². The molecule has 0 aliphatic heterocycles. The molecule has 0 amide bonds. The number of hydrogen-bond acceptors (Lipinski definition) is 3. The van der Waals surface area contributed by atoms with E-state index in [1.54, 1.807) is 25.0 Å². The van der Waals surface area contributed by atoms with Crippen molar-refractivity contribution in [2.75, 3.05) is 0 Å². The molecule has 0 saturated carbocycles. The van der Waals surface area contributed by atoms with Gasteiger partial charge in [-0.15, -0.1) is 24.0 Å². The number of aliphatic hydroxyl groups excluding tert-OH is 1. The first-order chi connectivity index (χ1) is 14.6. The van der Waals surface area contributed by atoms with Crippen LogP contribution in [-0.4, -0.2) is 24.2 Å². The molecule has 4 aromatic rings. The quantitative estimate of drug-likeness (QED) is 0.279. The first-order valence-electron chi connectivity index (χ1n) is 9.22. The van der Waals surface area contributed by atoms with Crippen LogP contribution in [0.2, 0.25) is 0 Å². The predicted octanol–water partition coefficient (Wildman–Crippen LogP) is 6.04. The Balaban J connectivity index is 0.000000213. The Morgan fingerprint density at radius 2 is 1.16 bits per heavy atom. The zero-order valence-corrected chi connectivity index (χ0v) is 21.3. The van der Waals surface area contributed by atoms with E-state index in [1.165, 1.54) is 11.1 Å². The van der Waals surface area contributed by atoms with Gasteiger partial charge in [0.05, 0.1) is 42.7 Å².